The number of rotatable bonds is 7. The van der Waals surface area contributed by atoms with Gasteiger partial charge in [0.1, 0.15) is 11.5 Å². The van der Waals surface area contributed by atoms with Crippen molar-refractivity contribution in [1.29, 1.82) is 0 Å². The lowest BCUT2D eigenvalue weighted by Gasteiger charge is -2.39. The van der Waals surface area contributed by atoms with Gasteiger partial charge in [-0.1, -0.05) is 54.6 Å². The molecule has 1 N–H and O–H groups in total. The van der Waals surface area contributed by atoms with Gasteiger partial charge in [0.25, 0.3) is 0 Å². The Hall–Kier alpha value is -5.76. The van der Waals surface area contributed by atoms with E-state index in [0.29, 0.717) is 34.2 Å². The molecule has 0 aliphatic carbocycles. The Balaban J connectivity index is 1.47. The molecule has 2 amide bonds. The van der Waals surface area contributed by atoms with Gasteiger partial charge in [-0.05, 0) is 86.6 Å². The maximum atomic E-state index is 13.9. The molecule has 0 spiro atoms. The van der Waals surface area contributed by atoms with E-state index in [4.69, 9.17) is 9.47 Å². The number of carbonyl (C=O) groups is 2. The average molecular weight is 585 g/mol. The van der Waals surface area contributed by atoms with Crippen LogP contribution < -0.4 is 29.5 Å². The van der Waals surface area contributed by atoms with Crippen LogP contribution in [-0.4, -0.2) is 25.3 Å². The Morgan fingerprint density at radius 1 is 0.636 bits per heavy atom. The second kappa shape index (κ2) is 12.6. The summed E-state index contributed by atoms with van der Waals surface area (Å²) in [5.74, 6) is 0.870. The third-order valence-corrected chi connectivity index (χ3v) is 7.37. The fourth-order valence-corrected chi connectivity index (χ4v) is 5.32. The fraction of sp³-hybridized carbons (Fsp3) is 0.111. The van der Waals surface area contributed by atoms with Gasteiger partial charge < -0.3 is 19.3 Å². The van der Waals surface area contributed by atoms with Crippen LogP contribution in [0.2, 0.25) is 0 Å². The average Bonchev–Trinajstić information content (AvgIpc) is 3.05. The predicted octanol–water partition coefficient (Wildman–Crippen LogP) is 9.26. The monoisotopic (exact) mass is 584 g/mol. The SMILES string of the molecule is CCN(CC)c1ccc2c(c1)N(c1ccccc1)c1cc(NC(=O)Oc3ccccc3)ccc1N2C(=O)Oc1ccccc1. The number of ether oxygens (including phenoxy) is 2. The highest BCUT2D eigenvalue weighted by atomic mass is 16.6. The van der Waals surface area contributed by atoms with Gasteiger partial charge in [0.2, 0.25) is 0 Å². The van der Waals surface area contributed by atoms with Crippen molar-refractivity contribution < 1.29 is 19.1 Å². The quantitative estimate of drug-likeness (QED) is 0.206. The number of para-hydroxylation sites is 3. The number of benzene rings is 5. The molecule has 0 bridgehead atoms. The highest BCUT2D eigenvalue weighted by Gasteiger charge is 2.35. The highest BCUT2D eigenvalue weighted by Crippen LogP contribution is 2.53. The Morgan fingerprint density at radius 2 is 1.18 bits per heavy atom. The third-order valence-electron chi connectivity index (χ3n) is 7.37. The Morgan fingerprint density at radius 3 is 1.80 bits per heavy atom. The molecule has 8 nitrogen and oxygen atoms in total. The molecule has 220 valence electrons. The van der Waals surface area contributed by atoms with Gasteiger partial charge in [-0.25, -0.2) is 14.5 Å². The van der Waals surface area contributed by atoms with E-state index in [1.54, 1.807) is 53.4 Å². The van der Waals surface area contributed by atoms with Crippen LogP contribution in [0.5, 0.6) is 11.5 Å². The largest absolute Gasteiger partial charge is 0.424 e. The van der Waals surface area contributed by atoms with Crippen LogP contribution in [0.1, 0.15) is 13.8 Å². The Kier molecular flexibility index (Phi) is 8.14. The van der Waals surface area contributed by atoms with E-state index in [9.17, 15) is 9.59 Å². The van der Waals surface area contributed by atoms with Gasteiger partial charge in [0.05, 0.1) is 22.7 Å². The molecule has 0 aromatic heterocycles. The van der Waals surface area contributed by atoms with Crippen LogP contribution in [0.25, 0.3) is 0 Å². The second-order valence-corrected chi connectivity index (χ2v) is 10.1. The van der Waals surface area contributed by atoms with Crippen molar-refractivity contribution in [2.75, 3.05) is 33.1 Å². The number of anilines is 7. The standard InChI is InChI=1S/C36H32N4O4/c1-3-38(4-2)28-21-23-32-34(25-28)39(27-14-8-5-9-15-27)33-24-26(37-35(41)43-29-16-10-6-11-17-29)20-22-31(33)40(32)36(42)44-30-18-12-7-13-19-30/h5-25H,3-4H2,1-2H3,(H,37,41). The van der Waals surface area contributed by atoms with Crippen molar-refractivity contribution in [2.24, 2.45) is 0 Å². The molecule has 5 aromatic rings. The number of amides is 2. The van der Waals surface area contributed by atoms with Gasteiger partial charge in [0, 0.05) is 30.2 Å². The summed E-state index contributed by atoms with van der Waals surface area (Å²) in [5.41, 5.74) is 5.17. The predicted molar refractivity (Wildman–Crippen MR) is 175 cm³/mol. The van der Waals surface area contributed by atoms with Crippen molar-refractivity contribution in [3.05, 3.63) is 127 Å². The van der Waals surface area contributed by atoms with Crippen LogP contribution in [0, 0.1) is 0 Å². The summed E-state index contributed by atoms with van der Waals surface area (Å²) in [6.45, 7) is 5.88. The normalized spacial score (nSPS) is 11.7. The third kappa shape index (κ3) is 5.78. The first-order valence-corrected chi connectivity index (χ1v) is 14.5. The summed E-state index contributed by atoms with van der Waals surface area (Å²) < 4.78 is 11.3. The number of fused-ring (bicyclic) bond motifs is 2. The van der Waals surface area contributed by atoms with E-state index >= 15 is 0 Å². The molecule has 5 aromatic carbocycles. The summed E-state index contributed by atoms with van der Waals surface area (Å²) in [4.78, 5) is 32.7. The van der Waals surface area contributed by atoms with Gasteiger partial charge in [0.15, 0.2) is 0 Å². The van der Waals surface area contributed by atoms with Crippen molar-refractivity contribution >= 4 is 52.0 Å². The van der Waals surface area contributed by atoms with Gasteiger partial charge >= 0.3 is 12.2 Å². The molecule has 1 heterocycles. The number of nitrogens with zero attached hydrogens (tertiary/aromatic N) is 3. The fourth-order valence-electron chi connectivity index (χ4n) is 5.32. The smallest absolute Gasteiger partial charge is 0.410 e. The van der Waals surface area contributed by atoms with E-state index in [0.717, 1.165) is 30.2 Å². The molecule has 8 heteroatoms. The number of hydrogen-bond acceptors (Lipinski definition) is 6. The molecule has 1 aliphatic heterocycles. The minimum absolute atomic E-state index is 0.432. The van der Waals surface area contributed by atoms with Crippen LogP contribution in [0.15, 0.2) is 127 Å². The van der Waals surface area contributed by atoms with E-state index in [2.05, 4.69) is 35.0 Å². The van der Waals surface area contributed by atoms with Crippen molar-refractivity contribution in [3.63, 3.8) is 0 Å². The number of hydrogen-bond donors (Lipinski definition) is 1. The zero-order valence-corrected chi connectivity index (χ0v) is 24.5. The molecule has 44 heavy (non-hydrogen) atoms. The lowest BCUT2D eigenvalue weighted by Crippen LogP contribution is -2.34. The molecular weight excluding hydrogens is 552 g/mol. The molecule has 0 unspecified atom stereocenters. The zero-order chi connectivity index (χ0) is 30.5. The van der Waals surface area contributed by atoms with Crippen molar-refractivity contribution in [3.8, 4) is 11.5 Å². The van der Waals surface area contributed by atoms with Crippen LogP contribution >= 0.6 is 0 Å². The molecular formula is C36H32N4O4. The van der Waals surface area contributed by atoms with Crippen LogP contribution in [0.3, 0.4) is 0 Å². The van der Waals surface area contributed by atoms with Crippen molar-refractivity contribution in [2.45, 2.75) is 13.8 Å². The minimum atomic E-state index is -0.622. The minimum Gasteiger partial charge on any atom is -0.410 e. The van der Waals surface area contributed by atoms with E-state index in [-0.39, 0.29) is 0 Å². The molecule has 1 aliphatic rings. The summed E-state index contributed by atoms with van der Waals surface area (Å²) in [7, 11) is 0. The molecule has 0 saturated heterocycles. The van der Waals surface area contributed by atoms with E-state index in [1.165, 1.54) is 0 Å². The molecule has 0 fully saturated rings. The molecule has 0 saturated carbocycles. The van der Waals surface area contributed by atoms with Crippen LogP contribution in [-0.2, 0) is 0 Å². The zero-order valence-electron chi connectivity index (χ0n) is 24.5. The highest BCUT2D eigenvalue weighted by molar-refractivity contribution is 6.10. The summed E-state index contributed by atoms with van der Waals surface area (Å²) in [6, 6.07) is 39.3. The lowest BCUT2D eigenvalue weighted by atomic mass is 10.0. The first-order valence-electron chi connectivity index (χ1n) is 14.5. The Bertz CT molecular complexity index is 1760. The number of nitrogens with one attached hydrogen (secondary N) is 1. The molecule has 6 rings (SSSR count). The van der Waals surface area contributed by atoms with Crippen LogP contribution in [0.4, 0.5) is 49.4 Å². The first kappa shape index (κ1) is 28.4. The van der Waals surface area contributed by atoms with E-state index < -0.39 is 12.2 Å². The van der Waals surface area contributed by atoms with E-state index in [1.807, 2.05) is 72.8 Å². The topological polar surface area (TPSA) is 74.4 Å². The van der Waals surface area contributed by atoms with Gasteiger partial charge in [-0.15, -0.1) is 0 Å². The van der Waals surface area contributed by atoms with Gasteiger partial charge in [-0.2, -0.15) is 0 Å². The summed E-state index contributed by atoms with van der Waals surface area (Å²) in [5, 5.41) is 2.84. The maximum absolute atomic E-state index is 13.9. The lowest BCUT2D eigenvalue weighted by molar-refractivity contribution is 0.210. The first-order chi connectivity index (χ1) is 21.6. The molecule has 0 radical (unpaired) electrons. The Labute approximate surface area is 256 Å². The van der Waals surface area contributed by atoms with Gasteiger partial charge in [-0.3, -0.25) is 5.32 Å². The maximum Gasteiger partial charge on any atom is 0.424 e. The summed E-state index contributed by atoms with van der Waals surface area (Å²) in [6.07, 6.45) is -1.17. The second-order valence-electron chi connectivity index (χ2n) is 10.1. The molecule has 0 atom stereocenters. The summed E-state index contributed by atoms with van der Waals surface area (Å²) >= 11 is 0. The number of carbonyl (C=O) groups excluding carboxylic acids is 2. The van der Waals surface area contributed by atoms with Crippen molar-refractivity contribution in [1.82, 2.24) is 0 Å².